The Labute approximate surface area is 126 Å². The van der Waals surface area contributed by atoms with Gasteiger partial charge in [-0.15, -0.1) is 0 Å². The Balaban J connectivity index is 2.20. The van der Waals surface area contributed by atoms with Crippen LogP contribution in [0.3, 0.4) is 0 Å². The predicted octanol–water partition coefficient (Wildman–Crippen LogP) is 3.96. The van der Waals surface area contributed by atoms with Crippen LogP contribution in [-0.2, 0) is 13.1 Å². The quantitative estimate of drug-likeness (QED) is 0.828. The van der Waals surface area contributed by atoms with E-state index in [0.717, 1.165) is 31.7 Å². The fourth-order valence-corrected chi connectivity index (χ4v) is 2.35. The SMILES string of the molecule is CCNCc1ccc(F)c(N(CC)Cc2ccccc2)c1. The zero-order valence-electron chi connectivity index (χ0n) is 12.8. The lowest BCUT2D eigenvalue weighted by molar-refractivity contribution is 0.615. The molecule has 0 spiro atoms. The molecule has 0 heterocycles. The van der Waals surface area contributed by atoms with Gasteiger partial charge in [0.05, 0.1) is 5.69 Å². The molecule has 0 aliphatic carbocycles. The summed E-state index contributed by atoms with van der Waals surface area (Å²) in [5, 5.41) is 3.28. The maximum atomic E-state index is 14.2. The van der Waals surface area contributed by atoms with Crippen LogP contribution >= 0.6 is 0 Å². The van der Waals surface area contributed by atoms with Crippen molar-refractivity contribution in [2.45, 2.75) is 26.9 Å². The van der Waals surface area contributed by atoms with E-state index in [9.17, 15) is 4.39 Å². The lowest BCUT2D eigenvalue weighted by atomic mass is 10.1. The van der Waals surface area contributed by atoms with Crippen molar-refractivity contribution in [2.24, 2.45) is 0 Å². The van der Waals surface area contributed by atoms with Gasteiger partial charge in [0.15, 0.2) is 0 Å². The summed E-state index contributed by atoms with van der Waals surface area (Å²) in [6.07, 6.45) is 0. The summed E-state index contributed by atoms with van der Waals surface area (Å²) in [4.78, 5) is 2.07. The van der Waals surface area contributed by atoms with E-state index < -0.39 is 0 Å². The van der Waals surface area contributed by atoms with Crippen molar-refractivity contribution in [3.8, 4) is 0 Å². The Bertz CT molecular complexity index is 554. The molecule has 0 aromatic heterocycles. The molecular weight excluding hydrogens is 263 g/mol. The van der Waals surface area contributed by atoms with Gasteiger partial charge in [0.1, 0.15) is 5.82 Å². The standard InChI is InChI=1S/C18H23FN2/c1-3-20-13-16-10-11-17(19)18(12-16)21(4-2)14-15-8-6-5-7-9-15/h5-12,20H,3-4,13-14H2,1-2H3. The van der Waals surface area contributed by atoms with Crippen molar-refractivity contribution < 1.29 is 4.39 Å². The summed E-state index contributed by atoms with van der Waals surface area (Å²) in [6, 6.07) is 15.5. The molecule has 21 heavy (non-hydrogen) atoms. The molecule has 0 saturated carbocycles. The summed E-state index contributed by atoms with van der Waals surface area (Å²) in [5.74, 6) is -0.159. The highest BCUT2D eigenvalue weighted by Gasteiger charge is 2.11. The van der Waals surface area contributed by atoms with E-state index in [2.05, 4.69) is 36.2 Å². The molecule has 1 N–H and O–H groups in total. The second-order valence-electron chi connectivity index (χ2n) is 5.07. The highest BCUT2D eigenvalue weighted by molar-refractivity contribution is 5.50. The van der Waals surface area contributed by atoms with E-state index in [-0.39, 0.29) is 5.82 Å². The molecule has 0 bridgehead atoms. The number of hydrogen-bond acceptors (Lipinski definition) is 2. The van der Waals surface area contributed by atoms with Gasteiger partial charge in [0.2, 0.25) is 0 Å². The molecule has 0 amide bonds. The second-order valence-corrected chi connectivity index (χ2v) is 5.07. The molecule has 3 heteroatoms. The number of nitrogens with one attached hydrogen (secondary N) is 1. The number of halogens is 1. The smallest absolute Gasteiger partial charge is 0.146 e. The van der Waals surface area contributed by atoms with E-state index >= 15 is 0 Å². The van der Waals surface area contributed by atoms with Crippen LogP contribution in [0.15, 0.2) is 48.5 Å². The summed E-state index contributed by atoms with van der Waals surface area (Å²) in [6.45, 7) is 7.30. The summed E-state index contributed by atoms with van der Waals surface area (Å²) in [5.41, 5.74) is 2.98. The molecule has 2 rings (SSSR count). The van der Waals surface area contributed by atoms with Crippen LogP contribution in [0.2, 0.25) is 0 Å². The largest absolute Gasteiger partial charge is 0.365 e. The molecule has 0 unspecified atom stereocenters. The van der Waals surface area contributed by atoms with Crippen molar-refractivity contribution in [1.29, 1.82) is 0 Å². The van der Waals surface area contributed by atoms with Crippen LogP contribution in [-0.4, -0.2) is 13.1 Å². The number of nitrogens with zero attached hydrogens (tertiary/aromatic N) is 1. The molecule has 0 fully saturated rings. The Morgan fingerprint density at radius 3 is 2.43 bits per heavy atom. The normalized spacial score (nSPS) is 10.6. The lowest BCUT2D eigenvalue weighted by Crippen LogP contribution is -2.23. The van der Waals surface area contributed by atoms with E-state index in [0.29, 0.717) is 5.69 Å². The molecule has 112 valence electrons. The van der Waals surface area contributed by atoms with Gasteiger partial charge >= 0.3 is 0 Å². The lowest BCUT2D eigenvalue weighted by Gasteiger charge is -2.24. The molecule has 2 nitrogen and oxygen atoms in total. The first-order chi connectivity index (χ1) is 10.2. The van der Waals surface area contributed by atoms with Crippen molar-refractivity contribution in [1.82, 2.24) is 5.32 Å². The van der Waals surface area contributed by atoms with E-state index in [1.54, 1.807) is 6.07 Å². The van der Waals surface area contributed by atoms with Crippen LogP contribution < -0.4 is 10.2 Å². The van der Waals surface area contributed by atoms with Gasteiger partial charge < -0.3 is 10.2 Å². The fraction of sp³-hybridized carbons (Fsp3) is 0.333. The average Bonchev–Trinajstić information content (AvgIpc) is 2.53. The van der Waals surface area contributed by atoms with E-state index in [1.807, 2.05) is 30.3 Å². The van der Waals surface area contributed by atoms with Crippen molar-refractivity contribution in [3.05, 3.63) is 65.5 Å². The maximum Gasteiger partial charge on any atom is 0.146 e. The number of benzene rings is 2. The van der Waals surface area contributed by atoms with Crippen LogP contribution in [0.4, 0.5) is 10.1 Å². The van der Waals surface area contributed by atoms with Crippen molar-refractivity contribution in [3.63, 3.8) is 0 Å². The zero-order chi connectivity index (χ0) is 15.1. The number of hydrogen-bond donors (Lipinski definition) is 1. The Morgan fingerprint density at radius 2 is 1.76 bits per heavy atom. The second kappa shape index (κ2) is 7.79. The first-order valence-corrected chi connectivity index (χ1v) is 7.52. The molecule has 0 atom stereocenters. The first-order valence-electron chi connectivity index (χ1n) is 7.52. The highest BCUT2D eigenvalue weighted by atomic mass is 19.1. The van der Waals surface area contributed by atoms with Crippen LogP contribution in [0.1, 0.15) is 25.0 Å². The molecule has 2 aromatic rings. The zero-order valence-corrected chi connectivity index (χ0v) is 12.8. The van der Waals surface area contributed by atoms with Gasteiger partial charge in [-0.2, -0.15) is 0 Å². The number of rotatable bonds is 7. The number of anilines is 1. The topological polar surface area (TPSA) is 15.3 Å². The Kier molecular flexibility index (Phi) is 5.76. The third-order valence-electron chi connectivity index (χ3n) is 3.53. The average molecular weight is 286 g/mol. The van der Waals surface area contributed by atoms with Gasteiger partial charge in [-0.05, 0) is 36.7 Å². The summed E-state index contributed by atoms with van der Waals surface area (Å²) < 4.78 is 14.2. The minimum Gasteiger partial charge on any atom is -0.365 e. The molecule has 0 saturated heterocycles. The van der Waals surface area contributed by atoms with Crippen LogP contribution in [0.25, 0.3) is 0 Å². The predicted molar refractivity (Wildman–Crippen MR) is 86.9 cm³/mol. The third kappa shape index (κ3) is 4.30. The van der Waals surface area contributed by atoms with Crippen molar-refractivity contribution >= 4 is 5.69 Å². The minimum absolute atomic E-state index is 0.159. The van der Waals surface area contributed by atoms with Gasteiger partial charge in [0, 0.05) is 19.6 Å². The molecule has 2 aromatic carbocycles. The Hall–Kier alpha value is -1.87. The van der Waals surface area contributed by atoms with E-state index in [1.165, 1.54) is 5.56 Å². The van der Waals surface area contributed by atoms with Gasteiger partial charge in [-0.25, -0.2) is 4.39 Å². The van der Waals surface area contributed by atoms with Gasteiger partial charge in [-0.3, -0.25) is 0 Å². The van der Waals surface area contributed by atoms with Gasteiger partial charge in [-0.1, -0.05) is 43.3 Å². The third-order valence-corrected chi connectivity index (χ3v) is 3.53. The summed E-state index contributed by atoms with van der Waals surface area (Å²) in [7, 11) is 0. The van der Waals surface area contributed by atoms with Crippen LogP contribution in [0.5, 0.6) is 0 Å². The maximum absolute atomic E-state index is 14.2. The van der Waals surface area contributed by atoms with E-state index in [4.69, 9.17) is 0 Å². The summed E-state index contributed by atoms with van der Waals surface area (Å²) >= 11 is 0. The van der Waals surface area contributed by atoms with Gasteiger partial charge in [0.25, 0.3) is 0 Å². The minimum atomic E-state index is -0.159. The Morgan fingerprint density at radius 1 is 1.00 bits per heavy atom. The first kappa shape index (κ1) is 15.5. The monoisotopic (exact) mass is 286 g/mol. The molecular formula is C18H23FN2. The molecule has 0 aliphatic heterocycles. The van der Waals surface area contributed by atoms with Crippen LogP contribution in [0, 0.1) is 5.82 Å². The molecule has 0 aliphatic rings. The highest BCUT2D eigenvalue weighted by Crippen LogP contribution is 2.23. The molecule has 0 radical (unpaired) electrons. The van der Waals surface area contributed by atoms with Crippen molar-refractivity contribution in [2.75, 3.05) is 18.0 Å². The fourth-order valence-electron chi connectivity index (χ4n) is 2.35.